The fourth-order valence-electron chi connectivity index (χ4n) is 2.87. The first-order chi connectivity index (χ1) is 9.58. The predicted molar refractivity (Wildman–Crippen MR) is 84.7 cm³/mol. The van der Waals surface area contributed by atoms with Gasteiger partial charge in [-0.25, -0.2) is 0 Å². The number of nitrogens with one attached hydrogen (secondary N) is 1. The van der Waals surface area contributed by atoms with Crippen molar-refractivity contribution in [3.05, 3.63) is 0 Å². The number of carbonyl (C=O) groups is 1. The molecule has 1 amide bonds. The minimum absolute atomic E-state index is 0.222. The van der Waals surface area contributed by atoms with Gasteiger partial charge in [-0.2, -0.15) is 0 Å². The normalized spacial score (nSPS) is 20.3. The number of primary amides is 1. The van der Waals surface area contributed by atoms with Gasteiger partial charge in [0.05, 0.1) is 5.54 Å². The van der Waals surface area contributed by atoms with E-state index in [-0.39, 0.29) is 5.91 Å². The summed E-state index contributed by atoms with van der Waals surface area (Å²) in [5.41, 5.74) is 5.01. The van der Waals surface area contributed by atoms with E-state index in [0.717, 1.165) is 32.2 Å². The van der Waals surface area contributed by atoms with Crippen LogP contribution in [0.1, 0.15) is 65.2 Å². The second kappa shape index (κ2) is 9.35. The molecule has 118 valence electrons. The summed E-state index contributed by atoms with van der Waals surface area (Å²) >= 11 is 0. The molecule has 0 spiro atoms. The van der Waals surface area contributed by atoms with Gasteiger partial charge in [0, 0.05) is 0 Å². The van der Waals surface area contributed by atoms with Crippen LogP contribution in [0.5, 0.6) is 0 Å². The summed E-state index contributed by atoms with van der Waals surface area (Å²) in [5.74, 6) is -0.222. The van der Waals surface area contributed by atoms with Crippen molar-refractivity contribution in [2.45, 2.75) is 70.8 Å². The van der Waals surface area contributed by atoms with Crippen molar-refractivity contribution < 1.29 is 4.79 Å². The number of amides is 1. The highest BCUT2D eigenvalue weighted by molar-refractivity contribution is 5.84. The van der Waals surface area contributed by atoms with Crippen molar-refractivity contribution in [2.75, 3.05) is 26.2 Å². The van der Waals surface area contributed by atoms with Gasteiger partial charge in [-0.3, -0.25) is 4.79 Å². The van der Waals surface area contributed by atoms with Crippen molar-refractivity contribution in [2.24, 2.45) is 5.73 Å². The van der Waals surface area contributed by atoms with Gasteiger partial charge in [0.25, 0.3) is 0 Å². The Bertz CT molecular complexity index is 275. The molecule has 4 nitrogen and oxygen atoms in total. The van der Waals surface area contributed by atoms with Gasteiger partial charge in [-0.05, 0) is 71.6 Å². The van der Waals surface area contributed by atoms with Gasteiger partial charge in [0.15, 0.2) is 0 Å². The van der Waals surface area contributed by atoms with Gasteiger partial charge in [0.1, 0.15) is 0 Å². The lowest BCUT2D eigenvalue weighted by Gasteiger charge is -2.28. The zero-order chi connectivity index (χ0) is 14.8. The smallest absolute Gasteiger partial charge is 0.237 e. The van der Waals surface area contributed by atoms with Crippen LogP contribution >= 0.6 is 0 Å². The Morgan fingerprint density at radius 3 is 2.40 bits per heavy atom. The second-order valence-corrected chi connectivity index (χ2v) is 6.34. The van der Waals surface area contributed by atoms with Crippen LogP contribution < -0.4 is 11.1 Å². The van der Waals surface area contributed by atoms with E-state index in [4.69, 9.17) is 5.73 Å². The van der Waals surface area contributed by atoms with E-state index < -0.39 is 5.54 Å². The van der Waals surface area contributed by atoms with Crippen LogP contribution in [0.4, 0.5) is 0 Å². The zero-order valence-electron chi connectivity index (χ0n) is 13.4. The molecule has 3 N–H and O–H groups in total. The number of likely N-dealkylation sites (tertiary alicyclic amines) is 1. The molecule has 1 unspecified atom stereocenters. The Kier molecular flexibility index (Phi) is 8.15. The lowest BCUT2D eigenvalue weighted by Crippen LogP contribution is -2.53. The number of nitrogens with zero attached hydrogens (tertiary/aromatic N) is 1. The Labute approximate surface area is 124 Å². The highest BCUT2D eigenvalue weighted by Crippen LogP contribution is 2.15. The molecule has 0 bridgehead atoms. The van der Waals surface area contributed by atoms with Crippen molar-refractivity contribution in [3.8, 4) is 0 Å². The molecule has 20 heavy (non-hydrogen) atoms. The van der Waals surface area contributed by atoms with E-state index in [1.54, 1.807) is 0 Å². The van der Waals surface area contributed by atoms with E-state index in [9.17, 15) is 4.79 Å². The molecule has 0 aromatic carbocycles. The monoisotopic (exact) mass is 283 g/mol. The first kappa shape index (κ1) is 17.4. The molecule has 0 saturated carbocycles. The Balaban J connectivity index is 2.24. The number of rotatable bonds is 9. The van der Waals surface area contributed by atoms with Crippen LogP contribution in [0.25, 0.3) is 0 Å². The van der Waals surface area contributed by atoms with E-state index in [1.165, 1.54) is 45.3 Å². The number of unbranched alkanes of at least 4 members (excludes halogenated alkanes) is 1. The summed E-state index contributed by atoms with van der Waals surface area (Å²) in [4.78, 5) is 14.2. The second-order valence-electron chi connectivity index (χ2n) is 6.34. The van der Waals surface area contributed by atoms with E-state index in [2.05, 4.69) is 17.1 Å². The summed E-state index contributed by atoms with van der Waals surface area (Å²) in [6, 6.07) is 0. The fourth-order valence-corrected chi connectivity index (χ4v) is 2.87. The maximum atomic E-state index is 11.6. The van der Waals surface area contributed by atoms with E-state index in [0.29, 0.717) is 0 Å². The standard InChI is InChI=1S/C16H33N3O/c1-3-11-18-16(2,15(17)20)10-6-9-14-19-12-7-4-5-8-13-19/h18H,3-14H2,1-2H3,(H2,17,20). The van der Waals surface area contributed by atoms with E-state index >= 15 is 0 Å². The molecule has 4 heteroatoms. The van der Waals surface area contributed by atoms with Crippen molar-refractivity contribution in [3.63, 3.8) is 0 Å². The Hall–Kier alpha value is -0.610. The van der Waals surface area contributed by atoms with Crippen LogP contribution in [-0.2, 0) is 4.79 Å². The van der Waals surface area contributed by atoms with Gasteiger partial charge in [-0.1, -0.05) is 19.8 Å². The first-order valence-electron chi connectivity index (χ1n) is 8.36. The molecule has 1 rings (SSSR count). The maximum absolute atomic E-state index is 11.6. The summed E-state index contributed by atoms with van der Waals surface area (Å²) in [6.45, 7) is 8.57. The topological polar surface area (TPSA) is 58.4 Å². The van der Waals surface area contributed by atoms with Gasteiger partial charge in [0.2, 0.25) is 5.91 Å². The van der Waals surface area contributed by atoms with Crippen LogP contribution in [0.2, 0.25) is 0 Å². The molecular weight excluding hydrogens is 250 g/mol. The highest BCUT2D eigenvalue weighted by Gasteiger charge is 2.29. The van der Waals surface area contributed by atoms with E-state index in [1.807, 2.05) is 6.92 Å². The molecule has 1 heterocycles. The third-order valence-corrected chi connectivity index (χ3v) is 4.41. The minimum Gasteiger partial charge on any atom is -0.368 e. The summed E-state index contributed by atoms with van der Waals surface area (Å²) in [7, 11) is 0. The molecule has 1 fully saturated rings. The molecular formula is C16H33N3O. The Morgan fingerprint density at radius 1 is 1.20 bits per heavy atom. The van der Waals surface area contributed by atoms with Crippen molar-refractivity contribution in [1.29, 1.82) is 0 Å². The zero-order valence-corrected chi connectivity index (χ0v) is 13.4. The highest BCUT2D eigenvalue weighted by atomic mass is 16.1. The predicted octanol–water partition coefficient (Wildman–Crippen LogP) is 2.28. The molecule has 0 aromatic rings. The Morgan fingerprint density at radius 2 is 1.85 bits per heavy atom. The van der Waals surface area contributed by atoms with Gasteiger partial charge >= 0.3 is 0 Å². The number of hydrogen-bond donors (Lipinski definition) is 2. The average Bonchev–Trinajstić information content (AvgIpc) is 2.70. The minimum atomic E-state index is -0.533. The summed E-state index contributed by atoms with van der Waals surface area (Å²) in [6.07, 6.45) is 9.55. The van der Waals surface area contributed by atoms with Crippen molar-refractivity contribution in [1.82, 2.24) is 10.2 Å². The largest absolute Gasteiger partial charge is 0.368 e. The van der Waals surface area contributed by atoms with Crippen LogP contribution in [0, 0.1) is 0 Å². The van der Waals surface area contributed by atoms with Gasteiger partial charge in [-0.15, -0.1) is 0 Å². The molecule has 1 atom stereocenters. The molecule has 1 aliphatic rings. The fraction of sp³-hybridized carbons (Fsp3) is 0.938. The lowest BCUT2D eigenvalue weighted by atomic mass is 9.93. The van der Waals surface area contributed by atoms with Crippen LogP contribution in [-0.4, -0.2) is 42.5 Å². The van der Waals surface area contributed by atoms with Crippen molar-refractivity contribution >= 4 is 5.91 Å². The lowest BCUT2D eigenvalue weighted by molar-refractivity contribution is -0.124. The average molecular weight is 283 g/mol. The number of carbonyl (C=O) groups excluding carboxylic acids is 1. The number of nitrogens with two attached hydrogens (primary N) is 1. The van der Waals surface area contributed by atoms with Gasteiger partial charge < -0.3 is 16.0 Å². The molecule has 1 aliphatic heterocycles. The van der Waals surface area contributed by atoms with Crippen LogP contribution in [0.3, 0.4) is 0 Å². The summed E-state index contributed by atoms with van der Waals surface area (Å²) < 4.78 is 0. The quantitative estimate of drug-likeness (QED) is 0.638. The third kappa shape index (κ3) is 6.23. The molecule has 0 aromatic heterocycles. The molecule has 1 saturated heterocycles. The van der Waals surface area contributed by atoms with Crippen LogP contribution in [0.15, 0.2) is 0 Å². The SMILES string of the molecule is CCCNC(C)(CCCCN1CCCCCC1)C(N)=O. The number of hydrogen-bond acceptors (Lipinski definition) is 3. The molecule has 0 aliphatic carbocycles. The third-order valence-electron chi connectivity index (χ3n) is 4.41. The molecule has 0 radical (unpaired) electrons. The maximum Gasteiger partial charge on any atom is 0.237 e. The first-order valence-corrected chi connectivity index (χ1v) is 8.36. The summed E-state index contributed by atoms with van der Waals surface area (Å²) in [5, 5.41) is 3.31.